The van der Waals surface area contributed by atoms with Crippen LogP contribution < -0.4 is 10.6 Å². The first-order chi connectivity index (χ1) is 12.1. The Kier molecular flexibility index (Phi) is 5.80. The zero-order chi connectivity index (χ0) is 17.6. The number of hydrogen-bond acceptors (Lipinski definition) is 5. The number of thiophene rings is 1. The summed E-state index contributed by atoms with van der Waals surface area (Å²) >= 11 is 1.39. The van der Waals surface area contributed by atoms with Gasteiger partial charge >= 0.3 is 0 Å². The lowest BCUT2D eigenvalue weighted by Gasteiger charge is -2.29. The molecule has 0 saturated carbocycles. The van der Waals surface area contributed by atoms with Gasteiger partial charge < -0.3 is 15.7 Å². The summed E-state index contributed by atoms with van der Waals surface area (Å²) in [4.78, 5) is 26.7. The van der Waals surface area contributed by atoms with Crippen LogP contribution in [0.2, 0.25) is 0 Å². The third kappa shape index (κ3) is 5.12. The highest BCUT2D eigenvalue weighted by Crippen LogP contribution is 2.17. The van der Waals surface area contributed by atoms with E-state index in [4.69, 9.17) is 0 Å². The van der Waals surface area contributed by atoms with Crippen LogP contribution >= 0.6 is 11.3 Å². The van der Waals surface area contributed by atoms with E-state index in [0.29, 0.717) is 22.8 Å². The molecule has 2 aromatic rings. The third-order valence-corrected chi connectivity index (χ3v) is 4.89. The summed E-state index contributed by atoms with van der Waals surface area (Å²) in [6.07, 6.45) is 1.37. The van der Waals surface area contributed by atoms with Gasteiger partial charge in [-0.15, -0.1) is 11.3 Å². The van der Waals surface area contributed by atoms with Gasteiger partial charge in [-0.25, -0.2) is 0 Å². The molecule has 0 bridgehead atoms. The van der Waals surface area contributed by atoms with Crippen molar-refractivity contribution in [2.75, 3.05) is 30.3 Å². The van der Waals surface area contributed by atoms with Crippen LogP contribution in [0.5, 0.6) is 0 Å². The molecule has 0 spiro atoms. The van der Waals surface area contributed by atoms with E-state index < -0.39 is 0 Å². The molecule has 1 aromatic heterocycles. The number of β-amino-alcohol motifs (C(OH)–C–C–N with tert-alkyl or cyclic N) is 1. The molecule has 2 amide bonds. The first-order valence-corrected chi connectivity index (χ1v) is 9.13. The van der Waals surface area contributed by atoms with Crippen LogP contribution in [0.15, 0.2) is 41.8 Å². The van der Waals surface area contributed by atoms with Crippen molar-refractivity contribution in [3.8, 4) is 0 Å². The van der Waals surface area contributed by atoms with Crippen molar-refractivity contribution in [1.82, 2.24) is 4.90 Å². The monoisotopic (exact) mass is 359 g/mol. The molecule has 3 rings (SSSR count). The van der Waals surface area contributed by atoms with Gasteiger partial charge in [0, 0.05) is 17.9 Å². The summed E-state index contributed by atoms with van der Waals surface area (Å²) in [6.45, 7) is 1.65. The Bertz CT molecular complexity index is 716. The Balaban J connectivity index is 1.50. The summed E-state index contributed by atoms with van der Waals surface area (Å²) in [6, 6.07) is 10.6. The molecule has 3 N–H and O–H groups in total. The van der Waals surface area contributed by atoms with Crippen LogP contribution in [-0.2, 0) is 4.79 Å². The minimum atomic E-state index is -0.340. The molecule has 0 unspecified atom stereocenters. The lowest BCUT2D eigenvalue weighted by atomic mass is 10.1. The van der Waals surface area contributed by atoms with Gasteiger partial charge in [0.05, 0.1) is 17.5 Å². The summed E-state index contributed by atoms with van der Waals surface area (Å²) in [5.41, 5.74) is 1.35. The second kappa shape index (κ2) is 8.24. The number of carbonyl (C=O) groups excluding carboxylic acids is 2. The molecule has 6 nitrogen and oxygen atoms in total. The van der Waals surface area contributed by atoms with E-state index in [0.717, 1.165) is 19.4 Å². The third-order valence-electron chi connectivity index (χ3n) is 4.02. The van der Waals surface area contributed by atoms with Crippen LogP contribution in [0.4, 0.5) is 11.4 Å². The predicted octanol–water partition coefficient (Wildman–Crippen LogP) is 2.40. The first kappa shape index (κ1) is 17.6. The van der Waals surface area contributed by atoms with Gasteiger partial charge in [0.15, 0.2) is 0 Å². The number of piperidine rings is 1. The Morgan fingerprint density at radius 2 is 1.88 bits per heavy atom. The van der Waals surface area contributed by atoms with Gasteiger partial charge in [-0.3, -0.25) is 14.5 Å². The second-order valence-electron chi connectivity index (χ2n) is 6.09. The van der Waals surface area contributed by atoms with Crippen molar-refractivity contribution < 1.29 is 14.7 Å². The van der Waals surface area contributed by atoms with Crippen LogP contribution in [0.1, 0.15) is 22.5 Å². The molecule has 1 aliphatic rings. The largest absolute Gasteiger partial charge is 0.392 e. The molecule has 2 heterocycles. The fraction of sp³-hybridized carbons (Fsp3) is 0.333. The average molecular weight is 359 g/mol. The highest BCUT2D eigenvalue weighted by atomic mass is 32.1. The Morgan fingerprint density at radius 3 is 2.52 bits per heavy atom. The lowest BCUT2D eigenvalue weighted by molar-refractivity contribution is -0.118. The SMILES string of the molecule is O=C(CN1CCC[C@H](O)C1)Nc1ccc(NC(=O)c2cccs2)cc1. The molecule has 0 aliphatic carbocycles. The number of benzene rings is 1. The highest BCUT2D eigenvalue weighted by molar-refractivity contribution is 7.12. The number of nitrogens with zero attached hydrogens (tertiary/aromatic N) is 1. The van der Waals surface area contributed by atoms with Gasteiger partial charge in [-0.2, -0.15) is 0 Å². The van der Waals surface area contributed by atoms with Crippen LogP contribution in [0.25, 0.3) is 0 Å². The van der Waals surface area contributed by atoms with E-state index in [2.05, 4.69) is 10.6 Å². The summed E-state index contributed by atoms with van der Waals surface area (Å²) in [5.74, 6) is -0.250. The minimum absolute atomic E-state index is 0.107. The standard InChI is InChI=1S/C18H21N3O3S/c22-15-3-1-9-21(11-15)12-17(23)19-13-5-7-14(8-6-13)20-18(24)16-4-2-10-25-16/h2,4-8,10,15,22H,1,3,9,11-12H2,(H,19,23)(H,20,24)/t15-/m0/s1. The van der Waals surface area contributed by atoms with E-state index in [1.165, 1.54) is 11.3 Å². The van der Waals surface area contributed by atoms with E-state index >= 15 is 0 Å². The topological polar surface area (TPSA) is 81.7 Å². The van der Waals surface area contributed by atoms with Gasteiger partial charge in [-0.05, 0) is 55.1 Å². The number of likely N-dealkylation sites (tertiary alicyclic amines) is 1. The number of anilines is 2. The summed E-state index contributed by atoms with van der Waals surface area (Å²) in [5, 5.41) is 17.2. The molecule has 1 fully saturated rings. The fourth-order valence-electron chi connectivity index (χ4n) is 2.82. The first-order valence-electron chi connectivity index (χ1n) is 8.25. The number of hydrogen-bond donors (Lipinski definition) is 3. The fourth-order valence-corrected chi connectivity index (χ4v) is 3.43. The number of amides is 2. The molecule has 1 atom stereocenters. The molecule has 25 heavy (non-hydrogen) atoms. The Hall–Kier alpha value is -2.22. The quantitative estimate of drug-likeness (QED) is 0.766. The minimum Gasteiger partial charge on any atom is -0.392 e. The molecule has 132 valence electrons. The maximum absolute atomic E-state index is 12.1. The number of aliphatic hydroxyl groups excluding tert-OH is 1. The summed E-state index contributed by atoms with van der Waals surface area (Å²) in [7, 11) is 0. The van der Waals surface area contributed by atoms with Gasteiger partial charge in [-0.1, -0.05) is 6.07 Å². The number of rotatable bonds is 5. The zero-order valence-electron chi connectivity index (χ0n) is 13.8. The van der Waals surface area contributed by atoms with Crippen molar-refractivity contribution in [2.24, 2.45) is 0 Å². The van der Waals surface area contributed by atoms with Crippen molar-refractivity contribution in [1.29, 1.82) is 0 Å². The molecular weight excluding hydrogens is 338 g/mol. The van der Waals surface area contributed by atoms with Gasteiger partial charge in [0.2, 0.25) is 5.91 Å². The molecule has 7 heteroatoms. The van der Waals surface area contributed by atoms with Gasteiger partial charge in [0.25, 0.3) is 5.91 Å². The van der Waals surface area contributed by atoms with Crippen molar-refractivity contribution in [3.05, 3.63) is 46.7 Å². The maximum atomic E-state index is 12.1. The molecular formula is C18H21N3O3S. The Labute approximate surface area is 150 Å². The smallest absolute Gasteiger partial charge is 0.265 e. The van der Waals surface area contributed by atoms with E-state index in [9.17, 15) is 14.7 Å². The normalized spacial score (nSPS) is 17.9. The van der Waals surface area contributed by atoms with Crippen LogP contribution in [-0.4, -0.2) is 47.6 Å². The lowest BCUT2D eigenvalue weighted by Crippen LogP contribution is -2.42. The van der Waals surface area contributed by atoms with E-state index in [-0.39, 0.29) is 24.5 Å². The second-order valence-corrected chi connectivity index (χ2v) is 7.04. The number of nitrogens with one attached hydrogen (secondary N) is 2. The number of carbonyl (C=O) groups is 2. The van der Waals surface area contributed by atoms with Crippen molar-refractivity contribution >= 4 is 34.5 Å². The van der Waals surface area contributed by atoms with Gasteiger partial charge in [0.1, 0.15) is 0 Å². The average Bonchev–Trinajstić information content (AvgIpc) is 3.11. The Morgan fingerprint density at radius 1 is 1.16 bits per heavy atom. The van der Waals surface area contributed by atoms with E-state index in [1.807, 2.05) is 16.3 Å². The highest BCUT2D eigenvalue weighted by Gasteiger charge is 2.19. The summed E-state index contributed by atoms with van der Waals surface area (Å²) < 4.78 is 0. The van der Waals surface area contributed by atoms with Crippen LogP contribution in [0.3, 0.4) is 0 Å². The molecule has 1 aromatic carbocycles. The number of aliphatic hydroxyl groups is 1. The van der Waals surface area contributed by atoms with Crippen molar-refractivity contribution in [2.45, 2.75) is 18.9 Å². The van der Waals surface area contributed by atoms with Crippen molar-refractivity contribution in [3.63, 3.8) is 0 Å². The van der Waals surface area contributed by atoms with E-state index in [1.54, 1.807) is 30.3 Å². The zero-order valence-corrected chi connectivity index (χ0v) is 14.6. The van der Waals surface area contributed by atoms with Crippen LogP contribution in [0, 0.1) is 0 Å². The molecule has 0 radical (unpaired) electrons. The molecule has 1 saturated heterocycles. The maximum Gasteiger partial charge on any atom is 0.265 e. The predicted molar refractivity (Wildman–Crippen MR) is 99.0 cm³/mol. The molecule has 1 aliphatic heterocycles.